The van der Waals surface area contributed by atoms with Crippen molar-refractivity contribution in [3.05, 3.63) is 65.4 Å². The Morgan fingerprint density at radius 2 is 1.78 bits per heavy atom. The maximum absolute atomic E-state index is 12.8. The van der Waals surface area contributed by atoms with Crippen LogP contribution in [0.15, 0.2) is 48.7 Å². The van der Waals surface area contributed by atoms with Crippen LogP contribution in [0.3, 0.4) is 0 Å². The number of nitrogens with zero attached hydrogens (tertiary/aromatic N) is 3. The number of rotatable bonds is 3. The van der Waals surface area contributed by atoms with Crippen molar-refractivity contribution in [3.63, 3.8) is 0 Å². The molecule has 2 aromatic carbocycles. The first-order chi connectivity index (χ1) is 13.1. The third-order valence-corrected chi connectivity index (χ3v) is 5.01. The predicted molar refractivity (Wildman–Crippen MR) is 105 cm³/mol. The van der Waals surface area contributed by atoms with E-state index in [1.54, 1.807) is 6.20 Å². The van der Waals surface area contributed by atoms with Crippen LogP contribution in [0.5, 0.6) is 5.88 Å². The molecule has 1 amide bonds. The van der Waals surface area contributed by atoms with Gasteiger partial charge in [0.05, 0.1) is 6.20 Å². The molecule has 1 saturated heterocycles. The van der Waals surface area contributed by atoms with Crippen LogP contribution in [-0.2, 0) is 0 Å². The van der Waals surface area contributed by atoms with E-state index in [2.05, 4.69) is 16.3 Å². The minimum absolute atomic E-state index is 0.0494. The Morgan fingerprint density at radius 1 is 1.07 bits per heavy atom. The maximum Gasteiger partial charge on any atom is 0.253 e. The number of ether oxygens (including phenoxy) is 1. The molecule has 5 heteroatoms. The second kappa shape index (κ2) is 7.35. The van der Waals surface area contributed by atoms with Crippen molar-refractivity contribution in [2.45, 2.75) is 32.8 Å². The van der Waals surface area contributed by atoms with Crippen molar-refractivity contribution < 1.29 is 9.53 Å². The van der Waals surface area contributed by atoms with Gasteiger partial charge in [-0.25, -0.2) is 0 Å². The van der Waals surface area contributed by atoms with Gasteiger partial charge in [-0.3, -0.25) is 4.79 Å². The number of piperidine rings is 1. The molecule has 2 heterocycles. The van der Waals surface area contributed by atoms with Gasteiger partial charge in [0.2, 0.25) is 5.88 Å². The third-order valence-electron chi connectivity index (χ3n) is 5.01. The van der Waals surface area contributed by atoms with E-state index in [9.17, 15) is 4.79 Å². The number of carbonyl (C=O) groups excluding carboxylic acids is 1. The summed E-state index contributed by atoms with van der Waals surface area (Å²) in [6.45, 7) is 5.42. The Bertz CT molecular complexity index is 953. The molecular formula is C22H23N3O2. The summed E-state index contributed by atoms with van der Waals surface area (Å²) in [6, 6.07) is 14.0. The molecular weight excluding hydrogens is 338 g/mol. The highest BCUT2D eigenvalue weighted by Gasteiger charge is 2.25. The molecule has 0 aliphatic carbocycles. The summed E-state index contributed by atoms with van der Waals surface area (Å²) >= 11 is 0. The Kier molecular flexibility index (Phi) is 4.75. The second-order valence-corrected chi connectivity index (χ2v) is 7.22. The molecule has 0 atom stereocenters. The van der Waals surface area contributed by atoms with Crippen molar-refractivity contribution in [1.82, 2.24) is 15.1 Å². The summed E-state index contributed by atoms with van der Waals surface area (Å²) in [5.74, 6) is 0.678. The van der Waals surface area contributed by atoms with Crippen LogP contribution in [0.2, 0.25) is 0 Å². The van der Waals surface area contributed by atoms with Crippen molar-refractivity contribution in [2.24, 2.45) is 0 Å². The number of amides is 1. The Balaban J connectivity index is 1.42. The normalized spacial score (nSPS) is 15.1. The van der Waals surface area contributed by atoms with E-state index >= 15 is 0 Å². The molecule has 0 unspecified atom stereocenters. The number of fused-ring (bicyclic) bond motifs is 1. The molecule has 0 N–H and O–H groups in total. The van der Waals surface area contributed by atoms with Gasteiger partial charge >= 0.3 is 0 Å². The number of aryl methyl sites for hydroxylation is 2. The van der Waals surface area contributed by atoms with Gasteiger partial charge < -0.3 is 9.64 Å². The molecule has 0 spiro atoms. The van der Waals surface area contributed by atoms with E-state index < -0.39 is 0 Å². The number of hydrogen-bond acceptors (Lipinski definition) is 4. The van der Waals surface area contributed by atoms with Gasteiger partial charge in [0.25, 0.3) is 5.91 Å². The molecule has 4 rings (SSSR count). The SMILES string of the molecule is Cc1cc(C)cc(C(=O)N2CCC(Oc3nncc4ccccc34)CC2)c1. The summed E-state index contributed by atoms with van der Waals surface area (Å²) in [5.41, 5.74) is 3.00. The summed E-state index contributed by atoms with van der Waals surface area (Å²) in [5, 5.41) is 10.2. The highest BCUT2D eigenvalue weighted by Crippen LogP contribution is 2.25. The molecule has 1 aliphatic heterocycles. The van der Waals surface area contributed by atoms with Gasteiger partial charge in [0.1, 0.15) is 6.10 Å². The highest BCUT2D eigenvalue weighted by molar-refractivity contribution is 5.94. The van der Waals surface area contributed by atoms with Gasteiger partial charge in [-0.2, -0.15) is 5.10 Å². The number of likely N-dealkylation sites (tertiary alicyclic amines) is 1. The van der Waals surface area contributed by atoms with Crippen molar-refractivity contribution in [3.8, 4) is 5.88 Å². The number of carbonyl (C=O) groups is 1. The topological polar surface area (TPSA) is 55.3 Å². The fourth-order valence-corrected chi connectivity index (χ4v) is 3.70. The van der Waals surface area contributed by atoms with Crippen LogP contribution < -0.4 is 4.74 Å². The summed E-state index contributed by atoms with van der Waals surface area (Å²) < 4.78 is 6.13. The van der Waals surface area contributed by atoms with E-state index in [0.29, 0.717) is 19.0 Å². The smallest absolute Gasteiger partial charge is 0.253 e. The molecule has 1 aliphatic rings. The van der Waals surface area contributed by atoms with E-state index in [0.717, 1.165) is 40.3 Å². The Labute approximate surface area is 159 Å². The van der Waals surface area contributed by atoms with Gasteiger partial charge in [-0.1, -0.05) is 35.4 Å². The summed E-state index contributed by atoms with van der Waals surface area (Å²) in [7, 11) is 0. The van der Waals surface area contributed by atoms with Crippen LogP contribution in [-0.4, -0.2) is 40.2 Å². The average molecular weight is 361 g/mol. The molecule has 1 fully saturated rings. The lowest BCUT2D eigenvalue weighted by Gasteiger charge is -2.32. The zero-order chi connectivity index (χ0) is 18.8. The van der Waals surface area contributed by atoms with Crippen LogP contribution in [0.25, 0.3) is 10.8 Å². The Hall–Kier alpha value is -2.95. The van der Waals surface area contributed by atoms with E-state index in [-0.39, 0.29) is 12.0 Å². The number of aromatic nitrogens is 2. The maximum atomic E-state index is 12.8. The molecule has 0 saturated carbocycles. The van der Waals surface area contributed by atoms with E-state index in [1.165, 1.54) is 0 Å². The lowest BCUT2D eigenvalue weighted by molar-refractivity contribution is 0.0589. The third kappa shape index (κ3) is 3.77. The van der Waals surface area contributed by atoms with E-state index in [1.807, 2.05) is 55.1 Å². The van der Waals surface area contributed by atoms with Crippen LogP contribution in [0.1, 0.15) is 34.3 Å². The molecule has 138 valence electrons. The lowest BCUT2D eigenvalue weighted by atomic mass is 10.0. The van der Waals surface area contributed by atoms with Crippen molar-refractivity contribution in [1.29, 1.82) is 0 Å². The fraction of sp³-hybridized carbons (Fsp3) is 0.318. The zero-order valence-electron chi connectivity index (χ0n) is 15.7. The summed E-state index contributed by atoms with van der Waals surface area (Å²) in [6.07, 6.45) is 3.38. The zero-order valence-corrected chi connectivity index (χ0v) is 15.7. The minimum atomic E-state index is 0.0494. The van der Waals surface area contributed by atoms with Gasteiger partial charge in [-0.15, -0.1) is 5.10 Å². The van der Waals surface area contributed by atoms with Gasteiger partial charge in [0.15, 0.2) is 0 Å². The standard InChI is InChI=1S/C22H23N3O2/c1-15-11-16(2)13-18(12-15)22(26)25-9-7-19(8-10-25)27-21-20-6-4-3-5-17(20)14-23-24-21/h3-6,11-14,19H,7-10H2,1-2H3. The van der Waals surface area contributed by atoms with Crippen LogP contribution in [0.4, 0.5) is 0 Å². The van der Waals surface area contributed by atoms with Crippen LogP contribution in [0, 0.1) is 13.8 Å². The minimum Gasteiger partial charge on any atom is -0.473 e. The highest BCUT2D eigenvalue weighted by atomic mass is 16.5. The molecule has 0 bridgehead atoms. The Morgan fingerprint density at radius 3 is 2.52 bits per heavy atom. The van der Waals surface area contributed by atoms with E-state index in [4.69, 9.17) is 4.74 Å². The molecule has 5 nitrogen and oxygen atoms in total. The quantitative estimate of drug-likeness (QED) is 0.709. The largest absolute Gasteiger partial charge is 0.473 e. The van der Waals surface area contributed by atoms with Crippen molar-refractivity contribution in [2.75, 3.05) is 13.1 Å². The monoisotopic (exact) mass is 361 g/mol. The summed E-state index contributed by atoms with van der Waals surface area (Å²) in [4.78, 5) is 14.7. The number of benzene rings is 2. The van der Waals surface area contributed by atoms with Crippen molar-refractivity contribution >= 4 is 16.7 Å². The fourth-order valence-electron chi connectivity index (χ4n) is 3.70. The van der Waals surface area contributed by atoms with Crippen LogP contribution >= 0.6 is 0 Å². The van der Waals surface area contributed by atoms with Gasteiger partial charge in [-0.05, 0) is 32.0 Å². The first-order valence-corrected chi connectivity index (χ1v) is 9.35. The first-order valence-electron chi connectivity index (χ1n) is 9.35. The molecule has 0 radical (unpaired) electrons. The number of hydrogen-bond donors (Lipinski definition) is 0. The second-order valence-electron chi connectivity index (χ2n) is 7.22. The predicted octanol–water partition coefficient (Wildman–Crippen LogP) is 3.93. The average Bonchev–Trinajstić information content (AvgIpc) is 2.68. The lowest BCUT2D eigenvalue weighted by Crippen LogP contribution is -2.41. The van der Waals surface area contributed by atoms with Gasteiger partial charge in [0, 0.05) is 42.3 Å². The molecule has 27 heavy (non-hydrogen) atoms. The molecule has 1 aromatic heterocycles. The molecule has 3 aromatic rings. The first kappa shape index (κ1) is 17.5.